The Hall–Kier alpha value is -2.67. The van der Waals surface area contributed by atoms with Gasteiger partial charge in [-0.25, -0.2) is 0 Å². The zero-order valence-electron chi connectivity index (χ0n) is 12.2. The van der Waals surface area contributed by atoms with E-state index < -0.39 is 0 Å². The third-order valence-electron chi connectivity index (χ3n) is 3.21. The highest BCUT2D eigenvalue weighted by Gasteiger charge is 2.15. The Morgan fingerprint density at radius 2 is 2.04 bits per heavy atom. The summed E-state index contributed by atoms with van der Waals surface area (Å²) in [6, 6.07) is 8.80. The van der Waals surface area contributed by atoms with Crippen LogP contribution in [0.2, 0.25) is 0 Å². The van der Waals surface area contributed by atoms with Crippen LogP contribution in [0.3, 0.4) is 0 Å². The predicted molar refractivity (Wildman–Crippen MR) is 88.6 cm³/mol. The number of ether oxygens (including phenoxy) is 2. The molecule has 2 N–H and O–H groups in total. The van der Waals surface area contributed by atoms with Gasteiger partial charge in [0.2, 0.25) is 0 Å². The van der Waals surface area contributed by atoms with Crippen molar-refractivity contribution >= 4 is 23.2 Å². The lowest BCUT2D eigenvalue weighted by Crippen LogP contribution is -2.38. The van der Waals surface area contributed by atoms with Crippen LogP contribution in [0.25, 0.3) is 0 Å². The number of pyridine rings is 1. The summed E-state index contributed by atoms with van der Waals surface area (Å²) >= 11 is 5.13. The van der Waals surface area contributed by atoms with E-state index >= 15 is 0 Å². The summed E-state index contributed by atoms with van der Waals surface area (Å²) in [5, 5.41) is 5.86. The number of rotatable bonds is 3. The molecule has 0 saturated carbocycles. The van der Waals surface area contributed by atoms with Gasteiger partial charge in [0.05, 0.1) is 0 Å². The van der Waals surface area contributed by atoms with Crippen molar-refractivity contribution in [3.63, 3.8) is 0 Å². The molecule has 1 amide bonds. The van der Waals surface area contributed by atoms with E-state index in [0.717, 1.165) is 5.56 Å². The lowest BCUT2D eigenvalue weighted by atomic mass is 10.2. The van der Waals surface area contributed by atoms with Crippen LogP contribution in [0, 0.1) is 0 Å². The highest BCUT2D eigenvalue weighted by molar-refractivity contribution is 7.80. The molecule has 0 saturated heterocycles. The fourth-order valence-corrected chi connectivity index (χ4v) is 2.25. The minimum absolute atomic E-state index is 0.258. The lowest BCUT2D eigenvalue weighted by Gasteiger charge is -2.18. The molecule has 23 heavy (non-hydrogen) atoms. The van der Waals surface area contributed by atoms with Crippen LogP contribution < -0.4 is 20.1 Å². The Bertz CT molecular complexity index is 722. The number of fused-ring (bicyclic) bond motifs is 1. The maximum atomic E-state index is 12.2. The maximum absolute atomic E-state index is 12.2. The Kier molecular flexibility index (Phi) is 4.68. The topological polar surface area (TPSA) is 72.5 Å². The fraction of sp³-hybridized carbons (Fsp3) is 0.188. The molecule has 1 aliphatic heterocycles. The molecular weight excluding hydrogens is 314 g/mol. The van der Waals surface area contributed by atoms with Crippen molar-refractivity contribution in [3.05, 3.63) is 53.9 Å². The van der Waals surface area contributed by atoms with Crippen molar-refractivity contribution in [3.8, 4) is 11.5 Å². The second-order valence-corrected chi connectivity index (χ2v) is 5.26. The summed E-state index contributed by atoms with van der Waals surface area (Å²) < 4.78 is 10.9. The molecule has 6 nitrogen and oxygen atoms in total. The van der Waals surface area contributed by atoms with Crippen LogP contribution in [-0.4, -0.2) is 29.2 Å². The number of thiocarbonyl (C=S) groups is 1. The highest BCUT2D eigenvalue weighted by atomic mass is 32.1. The number of hydrogen-bond acceptors (Lipinski definition) is 5. The average molecular weight is 329 g/mol. The van der Waals surface area contributed by atoms with Gasteiger partial charge in [-0.15, -0.1) is 0 Å². The van der Waals surface area contributed by atoms with Gasteiger partial charge in [0.15, 0.2) is 16.6 Å². The minimum atomic E-state index is -0.300. The minimum Gasteiger partial charge on any atom is -0.486 e. The van der Waals surface area contributed by atoms with E-state index in [9.17, 15) is 4.79 Å². The smallest absolute Gasteiger partial charge is 0.257 e. The zero-order chi connectivity index (χ0) is 16.1. The fourth-order valence-electron chi connectivity index (χ4n) is 2.09. The molecule has 0 radical (unpaired) electrons. The van der Waals surface area contributed by atoms with Gasteiger partial charge in [0, 0.05) is 24.5 Å². The van der Waals surface area contributed by atoms with E-state index in [1.54, 1.807) is 30.6 Å². The van der Waals surface area contributed by atoms with Crippen LogP contribution in [0.4, 0.5) is 0 Å². The van der Waals surface area contributed by atoms with Gasteiger partial charge in [0.25, 0.3) is 5.91 Å². The van der Waals surface area contributed by atoms with Gasteiger partial charge in [-0.3, -0.25) is 15.1 Å². The summed E-state index contributed by atoms with van der Waals surface area (Å²) in [7, 11) is 0. The van der Waals surface area contributed by atoms with Crippen LogP contribution in [-0.2, 0) is 6.54 Å². The van der Waals surface area contributed by atoms with E-state index in [1.807, 2.05) is 12.1 Å². The zero-order valence-corrected chi connectivity index (χ0v) is 13.1. The first-order valence-electron chi connectivity index (χ1n) is 7.10. The van der Waals surface area contributed by atoms with E-state index in [2.05, 4.69) is 15.6 Å². The predicted octanol–water partition coefficient (Wildman–Crippen LogP) is 1.66. The van der Waals surface area contributed by atoms with Crippen LogP contribution in [0.1, 0.15) is 15.9 Å². The molecule has 118 valence electrons. The number of aromatic nitrogens is 1. The molecule has 0 spiro atoms. The van der Waals surface area contributed by atoms with Crippen LogP contribution >= 0.6 is 12.2 Å². The molecule has 1 aromatic heterocycles. The summed E-state index contributed by atoms with van der Waals surface area (Å²) in [5.41, 5.74) is 1.43. The number of hydrogen-bond donors (Lipinski definition) is 2. The van der Waals surface area contributed by atoms with Gasteiger partial charge in [-0.05, 0) is 42.0 Å². The van der Waals surface area contributed by atoms with Gasteiger partial charge in [-0.1, -0.05) is 6.07 Å². The Labute approximate surface area is 138 Å². The SMILES string of the molecule is O=C(NC(=S)NCc1cccnc1)c1ccc2c(c1)OCCO2. The van der Waals surface area contributed by atoms with E-state index in [0.29, 0.717) is 36.8 Å². The van der Waals surface area contributed by atoms with Gasteiger partial charge in [-0.2, -0.15) is 0 Å². The number of carbonyl (C=O) groups excluding carboxylic acids is 1. The number of carbonyl (C=O) groups is 1. The van der Waals surface area contributed by atoms with Crippen molar-refractivity contribution in [2.24, 2.45) is 0 Å². The first kappa shape index (κ1) is 15.2. The maximum Gasteiger partial charge on any atom is 0.257 e. The van der Waals surface area contributed by atoms with Gasteiger partial charge < -0.3 is 14.8 Å². The first-order valence-corrected chi connectivity index (χ1v) is 7.51. The van der Waals surface area contributed by atoms with Gasteiger partial charge in [0.1, 0.15) is 13.2 Å². The number of benzene rings is 1. The molecule has 7 heteroatoms. The standard InChI is InChI=1S/C16H15N3O3S/c20-15(12-3-4-13-14(8-12)22-7-6-21-13)19-16(23)18-10-11-2-1-5-17-9-11/h1-5,8-9H,6-7,10H2,(H2,18,19,20,23). The summed E-state index contributed by atoms with van der Waals surface area (Å²) in [6.45, 7) is 1.48. The average Bonchev–Trinajstić information content (AvgIpc) is 2.60. The summed E-state index contributed by atoms with van der Waals surface area (Å²) in [6.07, 6.45) is 3.43. The van der Waals surface area contributed by atoms with Crippen molar-refractivity contribution in [2.75, 3.05) is 13.2 Å². The quantitative estimate of drug-likeness (QED) is 0.835. The number of amides is 1. The highest BCUT2D eigenvalue weighted by Crippen LogP contribution is 2.30. The molecule has 3 rings (SSSR count). The molecule has 0 fully saturated rings. The van der Waals surface area contributed by atoms with Crippen molar-refractivity contribution in [1.82, 2.24) is 15.6 Å². The molecule has 2 aromatic rings. The van der Waals surface area contributed by atoms with Gasteiger partial charge >= 0.3 is 0 Å². The molecule has 0 atom stereocenters. The Morgan fingerprint density at radius 1 is 1.22 bits per heavy atom. The molecule has 0 bridgehead atoms. The van der Waals surface area contributed by atoms with Crippen molar-refractivity contribution in [1.29, 1.82) is 0 Å². The third-order valence-corrected chi connectivity index (χ3v) is 3.45. The molecule has 1 aliphatic rings. The monoisotopic (exact) mass is 329 g/mol. The lowest BCUT2D eigenvalue weighted by molar-refractivity contribution is 0.0975. The first-order chi connectivity index (χ1) is 11.2. The van der Waals surface area contributed by atoms with Crippen LogP contribution in [0.5, 0.6) is 11.5 Å². The summed E-state index contributed by atoms with van der Waals surface area (Å²) in [5.74, 6) is 0.911. The number of nitrogens with one attached hydrogen (secondary N) is 2. The molecule has 0 aliphatic carbocycles. The normalized spacial score (nSPS) is 12.3. The summed E-state index contributed by atoms with van der Waals surface area (Å²) in [4.78, 5) is 16.2. The van der Waals surface area contributed by atoms with Crippen LogP contribution in [0.15, 0.2) is 42.7 Å². The van der Waals surface area contributed by atoms with E-state index in [4.69, 9.17) is 21.7 Å². The Balaban J connectivity index is 1.57. The van der Waals surface area contributed by atoms with E-state index in [1.165, 1.54) is 0 Å². The third kappa shape index (κ3) is 3.95. The van der Waals surface area contributed by atoms with Crippen molar-refractivity contribution in [2.45, 2.75) is 6.54 Å². The largest absolute Gasteiger partial charge is 0.486 e. The molecule has 1 aromatic carbocycles. The Morgan fingerprint density at radius 3 is 2.83 bits per heavy atom. The number of nitrogens with zero attached hydrogens (tertiary/aromatic N) is 1. The second kappa shape index (κ2) is 7.06. The second-order valence-electron chi connectivity index (χ2n) is 4.86. The van der Waals surface area contributed by atoms with E-state index in [-0.39, 0.29) is 11.0 Å². The van der Waals surface area contributed by atoms with Crippen molar-refractivity contribution < 1.29 is 14.3 Å². The molecular formula is C16H15N3O3S. The molecule has 2 heterocycles. The molecule has 0 unspecified atom stereocenters.